The van der Waals surface area contributed by atoms with Crippen LogP contribution in [0.25, 0.3) is 0 Å². The molecule has 4 rings (SSSR count). The highest BCUT2D eigenvalue weighted by molar-refractivity contribution is 6.03. The largest absolute Gasteiger partial charge is 0.466 e. The van der Waals surface area contributed by atoms with Gasteiger partial charge in [-0.25, -0.2) is 0 Å². The van der Waals surface area contributed by atoms with Crippen LogP contribution in [0.15, 0.2) is 55.1 Å². The normalized spacial score (nSPS) is 35.1. The zero-order valence-electron chi connectivity index (χ0n) is 14.1. The second-order valence-electron chi connectivity index (χ2n) is 6.63. The average Bonchev–Trinajstić information content (AvgIpc) is 3.25. The molecule has 5 atom stereocenters. The molecule has 130 valence electrons. The maximum Gasteiger partial charge on any atom is 0.312 e. The third-order valence-electron chi connectivity index (χ3n) is 5.40. The summed E-state index contributed by atoms with van der Waals surface area (Å²) < 4.78 is 11.5. The second kappa shape index (κ2) is 5.85. The predicted octanol–water partition coefficient (Wildman–Crippen LogP) is 2.48. The number of esters is 1. The summed E-state index contributed by atoms with van der Waals surface area (Å²) in [7, 11) is 0. The molecule has 0 radical (unpaired) electrons. The van der Waals surface area contributed by atoms with Crippen LogP contribution in [-0.4, -0.2) is 36.2 Å². The van der Waals surface area contributed by atoms with Crippen LogP contribution in [0.5, 0.6) is 0 Å². The van der Waals surface area contributed by atoms with E-state index in [9.17, 15) is 9.59 Å². The quantitative estimate of drug-likeness (QED) is 0.611. The molecule has 3 aliphatic heterocycles. The summed E-state index contributed by atoms with van der Waals surface area (Å²) in [6.07, 6.45) is 5.86. The molecule has 1 spiro atoms. The van der Waals surface area contributed by atoms with Gasteiger partial charge in [-0.05, 0) is 25.5 Å². The van der Waals surface area contributed by atoms with Crippen molar-refractivity contribution >= 4 is 17.6 Å². The van der Waals surface area contributed by atoms with Gasteiger partial charge < -0.3 is 14.4 Å². The van der Waals surface area contributed by atoms with Crippen LogP contribution in [-0.2, 0) is 19.1 Å². The highest BCUT2D eigenvalue weighted by Crippen LogP contribution is 2.56. The summed E-state index contributed by atoms with van der Waals surface area (Å²) in [5.74, 6) is -1.57. The van der Waals surface area contributed by atoms with Gasteiger partial charge in [0.1, 0.15) is 11.5 Å². The lowest BCUT2D eigenvalue weighted by Gasteiger charge is -2.32. The molecule has 1 aromatic carbocycles. The molecule has 0 N–H and O–H groups in total. The summed E-state index contributed by atoms with van der Waals surface area (Å²) in [5.41, 5.74) is 0.0228. The van der Waals surface area contributed by atoms with E-state index in [1.807, 2.05) is 42.5 Å². The minimum Gasteiger partial charge on any atom is -0.466 e. The Morgan fingerprint density at radius 2 is 2.16 bits per heavy atom. The smallest absolute Gasteiger partial charge is 0.312 e. The van der Waals surface area contributed by atoms with E-state index in [1.54, 1.807) is 17.9 Å². The van der Waals surface area contributed by atoms with Crippen molar-refractivity contribution in [1.29, 1.82) is 0 Å². The SMILES string of the molecule is C=CC[C@H]1N(c2ccccc2)C(=O)[C@@H]2[C@@H](C(=O)OCC)[C@@H]3C=C[C@]21O3. The van der Waals surface area contributed by atoms with Crippen molar-refractivity contribution < 1.29 is 19.1 Å². The summed E-state index contributed by atoms with van der Waals surface area (Å²) in [6, 6.07) is 9.30. The molecule has 2 fully saturated rings. The standard InChI is InChI=1S/C20H21NO4/c1-3-8-15-20-12-11-14(25-20)16(19(23)24-4-2)17(20)18(22)21(15)13-9-6-5-7-10-13/h3,5-7,9-12,14-17H,1,4,8H2,2H3/t14-,15+,16-,17-,20+/m0/s1. The summed E-state index contributed by atoms with van der Waals surface area (Å²) in [4.78, 5) is 27.6. The van der Waals surface area contributed by atoms with Gasteiger partial charge in [0.2, 0.25) is 5.91 Å². The van der Waals surface area contributed by atoms with E-state index in [1.165, 1.54) is 0 Å². The number of amides is 1. The van der Waals surface area contributed by atoms with E-state index >= 15 is 0 Å². The van der Waals surface area contributed by atoms with Gasteiger partial charge in [0, 0.05) is 5.69 Å². The zero-order chi connectivity index (χ0) is 17.6. The highest BCUT2D eigenvalue weighted by atomic mass is 16.6. The summed E-state index contributed by atoms with van der Waals surface area (Å²) in [5, 5.41) is 0. The van der Waals surface area contributed by atoms with E-state index in [-0.39, 0.29) is 24.5 Å². The first-order valence-electron chi connectivity index (χ1n) is 8.67. The average molecular weight is 339 g/mol. The molecule has 0 aromatic heterocycles. The van der Waals surface area contributed by atoms with Gasteiger partial charge in [0.25, 0.3) is 0 Å². The van der Waals surface area contributed by atoms with Crippen molar-refractivity contribution in [2.24, 2.45) is 11.8 Å². The number of ether oxygens (including phenoxy) is 2. The van der Waals surface area contributed by atoms with Crippen molar-refractivity contribution in [2.45, 2.75) is 31.1 Å². The summed E-state index contributed by atoms with van der Waals surface area (Å²) >= 11 is 0. The molecule has 25 heavy (non-hydrogen) atoms. The van der Waals surface area contributed by atoms with Crippen LogP contribution in [0, 0.1) is 11.8 Å². The fourth-order valence-corrected chi connectivity index (χ4v) is 4.50. The van der Waals surface area contributed by atoms with Crippen LogP contribution in [0.3, 0.4) is 0 Å². The molecule has 0 unspecified atom stereocenters. The molecule has 3 aliphatic rings. The lowest BCUT2D eigenvalue weighted by atomic mass is 9.74. The number of hydrogen-bond acceptors (Lipinski definition) is 4. The number of para-hydroxylation sites is 1. The van der Waals surface area contributed by atoms with Crippen LogP contribution in [0.1, 0.15) is 13.3 Å². The molecule has 2 saturated heterocycles. The molecular formula is C20H21NO4. The van der Waals surface area contributed by atoms with Crippen LogP contribution < -0.4 is 4.90 Å². The Balaban J connectivity index is 1.79. The Morgan fingerprint density at radius 3 is 2.84 bits per heavy atom. The van der Waals surface area contributed by atoms with Crippen LogP contribution in [0.2, 0.25) is 0 Å². The van der Waals surface area contributed by atoms with Crippen LogP contribution >= 0.6 is 0 Å². The predicted molar refractivity (Wildman–Crippen MR) is 92.9 cm³/mol. The first kappa shape index (κ1) is 16.1. The van der Waals surface area contributed by atoms with Gasteiger partial charge in [-0.1, -0.05) is 36.4 Å². The van der Waals surface area contributed by atoms with Crippen molar-refractivity contribution in [3.05, 3.63) is 55.1 Å². The van der Waals surface area contributed by atoms with Crippen LogP contribution in [0.4, 0.5) is 5.69 Å². The van der Waals surface area contributed by atoms with Gasteiger partial charge in [0.15, 0.2) is 0 Å². The van der Waals surface area contributed by atoms with E-state index in [0.29, 0.717) is 6.42 Å². The number of nitrogens with zero attached hydrogens (tertiary/aromatic N) is 1. The van der Waals surface area contributed by atoms with Crippen molar-refractivity contribution in [1.82, 2.24) is 0 Å². The Bertz CT molecular complexity index is 743. The number of benzene rings is 1. The molecule has 3 heterocycles. The number of hydrogen-bond donors (Lipinski definition) is 0. The number of carbonyl (C=O) groups excluding carboxylic acids is 2. The second-order valence-corrected chi connectivity index (χ2v) is 6.63. The molecule has 1 amide bonds. The van der Waals surface area contributed by atoms with Gasteiger partial charge in [0.05, 0.1) is 24.7 Å². The van der Waals surface area contributed by atoms with E-state index in [2.05, 4.69) is 6.58 Å². The maximum atomic E-state index is 13.3. The molecular weight excluding hydrogens is 318 g/mol. The van der Waals surface area contributed by atoms with Gasteiger partial charge >= 0.3 is 5.97 Å². The van der Waals surface area contributed by atoms with Gasteiger partial charge in [-0.2, -0.15) is 0 Å². The molecule has 0 aliphatic carbocycles. The third kappa shape index (κ3) is 2.12. The topological polar surface area (TPSA) is 55.8 Å². The van der Waals surface area contributed by atoms with Crippen molar-refractivity contribution in [3.8, 4) is 0 Å². The number of anilines is 1. The highest BCUT2D eigenvalue weighted by Gasteiger charge is 2.71. The summed E-state index contributed by atoms with van der Waals surface area (Å²) in [6.45, 7) is 5.90. The maximum absolute atomic E-state index is 13.3. The van der Waals surface area contributed by atoms with Crippen molar-refractivity contribution in [3.63, 3.8) is 0 Å². The molecule has 5 heteroatoms. The molecule has 5 nitrogen and oxygen atoms in total. The Labute approximate surface area is 146 Å². The fourth-order valence-electron chi connectivity index (χ4n) is 4.50. The first-order chi connectivity index (χ1) is 12.1. The third-order valence-corrected chi connectivity index (χ3v) is 5.40. The zero-order valence-corrected chi connectivity index (χ0v) is 14.1. The molecule has 1 aromatic rings. The Morgan fingerprint density at radius 1 is 1.40 bits per heavy atom. The lowest BCUT2D eigenvalue weighted by Crippen LogP contribution is -2.45. The molecule has 2 bridgehead atoms. The minimum absolute atomic E-state index is 0.0806. The Kier molecular flexibility index (Phi) is 3.76. The molecule has 0 saturated carbocycles. The number of fused-ring (bicyclic) bond motifs is 1. The fraction of sp³-hybridized carbons (Fsp3) is 0.400. The van der Waals surface area contributed by atoms with E-state index in [0.717, 1.165) is 5.69 Å². The van der Waals surface area contributed by atoms with Gasteiger partial charge in [-0.15, -0.1) is 6.58 Å². The van der Waals surface area contributed by atoms with E-state index in [4.69, 9.17) is 9.47 Å². The Hall–Kier alpha value is -2.40. The minimum atomic E-state index is -0.788. The van der Waals surface area contributed by atoms with Crippen molar-refractivity contribution in [2.75, 3.05) is 11.5 Å². The van der Waals surface area contributed by atoms with Gasteiger partial charge in [-0.3, -0.25) is 9.59 Å². The van der Waals surface area contributed by atoms with E-state index < -0.39 is 23.5 Å². The first-order valence-corrected chi connectivity index (χ1v) is 8.67. The number of carbonyl (C=O) groups is 2. The number of rotatable bonds is 5. The lowest BCUT2D eigenvalue weighted by molar-refractivity contribution is -0.151. The monoisotopic (exact) mass is 339 g/mol.